The molecule has 0 aliphatic carbocycles. The summed E-state index contributed by atoms with van der Waals surface area (Å²) in [6, 6.07) is 0. The first-order chi connectivity index (χ1) is 4.88. The number of carbonyl (C=O) groups excluding carboxylic acids is 2. The van der Waals surface area contributed by atoms with Gasteiger partial charge in [-0.3, -0.25) is 0 Å². The van der Waals surface area contributed by atoms with Gasteiger partial charge in [0.2, 0.25) is 0 Å². The molecule has 66 valence electrons. The van der Waals surface area contributed by atoms with Gasteiger partial charge in [0.05, 0.1) is 0 Å². The molecule has 0 unspecified atom stereocenters. The summed E-state index contributed by atoms with van der Waals surface area (Å²) in [5.41, 5.74) is 0. The highest BCUT2D eigenvalue weighted by atomic mass is 16.6. The van der Waals surface area contributed by atoms with Crippen LogP contribution in [0.25, 0.3) is 0 Å². The van der Waals surface area contributed by atoms with Crippen molar-refractivity contribution in [2.45, 2.75) is 6.92 Å². The first-order valence-corrected chi connectivity index (χ1v) is 2.21. The van der Waals surface area contributed by atoms with Crippen molar-refractivity contribution in [2.24, 2.45) is 0 Å². The second-order valence-corrected chi connectivity index (χ2v) is 0.908. The zero-order valence-corrected chi connectivity index (χ0v) is 5.73. The van der Waals surface area contributed by atoms with E-state index in [4.69, 9.17) is 30.0 Å². The third-order valence-corrected chi connectivity index (χ3v) is 0. The quantitative estimate of drug-likeness (QED) is 0.337. The molecule has 0 atom stereocenters. The van der Waals surface area contributed by atoms with E-state index in [1.165, 1.54) is 0 Å². The van der Waals surface area contributed by atoms with Gasteiger partial charge < -0.3 is 30.0 Å². The van der Waals surface area contributed by atoms with E-state index >= 15 is 0 Å². The monoisotopic (exact) mass is 162 g/mol. The van der Waals surface area contributed by atoms with Crippen molar-refractivity contribution >= 4 is 12.3 Å². The van der Waals surface area contributed by atoms with Crippen LogP contribution in [0.15, 0.2) is 12.7 Å². The van der Waals surface area contributed by atoms with Crippen LogP contribution in [0.1, 0.15) is 6.92 Å². The first-order valence-electron chi connectivity index (χ1n) is 2.21. The van der Waals surface area contributed by atoms with Gasteiger partial charge in [-0.05, 0) is 19.2 Å². The molecule has 0 saturated heterocycles. The molecule has 0 amide bonds. The van der Waals surface area contributed by atoms with Gasteiger partial charge >= 0.3 is 0 Å². The summed E-state index contributed by atoms with van der Waals surface area (Å²) in [5, 5.41) is 33.3. The molecule has 6 heteroatoms. The fourth-order valence-corrected chi connectivity index (χ4v) is 0. The second-order valence-electron chi connectivity index (χ2n) is 0.908. The third-order valence-electron chi connectivity index (χ3n) is 0. The van der Waals surface area contributed by atoms with Crippen molar-refractivity contribution in [3.8, 4) is 0 Å². The van der Waals surface area contributed by atoms with E-state index in [9.17, 15) is 0 Å². The highest BCUT2D eigenvalue weighted by Crippen LogP contribution is 1.38. The lowest BCUT2D eigenvalue weighted by Gasteiger charge is -1.96. The molecule has 0 aliphatic rings. The number of carboxylic acid groups (broad SMARTS) is 4. The summed E-state index contributed by atoms with van der Waals surface area (Å²) in [6.45, 7) is 5.25. The van der Waals surface area contributed by atoms with Crippen molar-refractivity contribution < 1.29 is 30.0 Å². The lowest BCUT2D eigenvalue weighted by atomic mass is 10.8. The van der Waals surface area contributed by atoms with Crippen LogP contribution in [0.4, 0.5) is 9.59 Å². The van der Waals surface area contributed by atoms with Gasteiger partial charge in [-0.25, -0.2) is 0 Å². The second kappa shape index (κ2) is 15.7. The minimum Gasteiger partial charge on any atom is -0.652 e. The highest BCUT2D eigenvalue weighted by molar-refractivity contribution is 5.47. The van der Waals surface area contributed by atoms with Crippen molar-refractivity contribution in [3.05, 3.63) is 12.7 Å². The Morgan fingerprint density at radius 3 is 1.09 bits per heavy atom. The number of carbonyl (C=O) groups is 2. The number of allylic oxidation sites excluding steroid dienone is 1. The Kier molecular flexibility index (Phi) is 23.1. The van der Waals surface area contributed by atoms with Crippen LogP contribution in [0.5, 0.6) is 0 Å². The molecule has 0 heterocycles. The number of hydrogen-bond acceptors (Lipinski definition) is 6. The molecule has 0 bridgehead atoms. The SMILES string of the molecule is C=CC.O=C([O-])[O-].O=C([O-])[O-]. The Morgan fingerprint density at radius 2 is 1.09 bits per heavy atom. The Labute approximate surface area is 63.0 Å². The Bertz CT molecular complexity index is 98.1. The van der Waals surface area contributed by atoms with Crippen LogP contribution >= 0.6 is 0 Å². The maximum atomic E-state index is 8.33. The molecule has 0 aromatic heterocycles. The van der Waals surface area contributed by atoms with Gasteiger partial charge in [-0.1, -0.05) is 6.08 Å². The van der Waals surface area contributed by atoms with Crippen LogP contribution in [-0.4, -0.2) is 12.3 Å². The smallest absolute Gasteiger partial charge is 0.0431 e. The molecule has 0 N–H and O–H groups in total. The molecule has 0 spiro atoms. The van der Waals surface area contributed by atoms with Crippen molar-refractivity contribution in [1.82, 2.24) is 0 Å². The topological polar surface area (TPSA) is 126 Å². The molecule has 0 fully saturated rings. The van der Waals surface area contributed by atoms with Crippen LogP contribution in [0.2, 0.25) is 0 Å². The minimum absolute atomic E-state index is 1.75. The molecule has 0 rings (SSSR count). The predicted octanol–water partition coefficient (Wildman–Crippen LogP) is -3.70. The summed E-state index contributed by atoms with van der Waals surface area (Å²) < 4.78 is 0. The summed E-state index contributed by atoms with van der Waals surface area (Å²) in [7, 11) is 0. The van der Waals surface area contributed by atoms with Gasteiger partial charge in [0.1, 0.15) is 0 Å². The number of rotatable bonds is 0. The fraction of sp³-hybridized carbons (Fsp3) is 0.200. The Hall–Kier alpha value is -1.72. The summed E-state index contributed by atoms with van der Waals surface area (Å²) in [6.07, 6.45) is -2.92. The van der Waals surface area contributed by atoms with E-state index in [1.54, 1.807) is 6.08 Å². The lowest BCUT2D eigenvalue weighted by Crippen LogP contribution is -2.37. The van der Waals surface area contributed by atoms with Crippen molar-refractivity contribution in [1.29, 1.82) is 0 Å². The van der Waals surface area contributed by atoms with Crippen LogP contribution in [0.3, 0.4) is 0 Å². The molecule has 0 radical (unpaired) electrons. The van der Waals surface area contributed by atoms with E-state index in [2.05, 4.69) is 6.58 Å². The summed E-state index contributed by atoms with van der Waals surface area (Å²) in [5.74, 6) is 0. The Morgan fingerprint density at radius 1 is 1.09 bits per heavy atom. The fourth-order valence-electron chi connectivity index (χ4n) is 0. The van der Waals surface area contributed by atoms with E-state index in [0.717, 1.165) is 0 Å². The maximum Gasteiger partial charge on any atom is -0.0431 e. The summed E-state index contributed by atoms with van der Waals surface area (Å²) in [4.78, 5) is 16.7. The van der Waals surface area contributed by atoms with Crippen molar-refractivity contribution in [2.75, 3.05) is 0 Å². The van der Waals surface area contributed by atoms with Gasteiger partial charge in [0.15, 0.2) is 0 Å². The maximum absolute atomic E-state index is 8.33. The molecule has 0 aromatic carbocycles. The van der Waals surface area contributed by atoms with Crippen LogP contribution < -0.4 is 20.4 Å². The molecule has 0 saturated carbocycles. The van der Waals surface area contributed by atoms with Crippen molar-refractivity contribution in [3.63, 3.8) is 0 Å². The lowest BCUT2D eigenvalue weighted by molar-refractivity contribution is -0.417. The van der Waals surface area contributed by atoms with Gasteiger partial charge in [0, 0.05) is 0 Å². The standard InChI is InChI=1S/C3H6.2CH2O3/c1-3-2;2*2-1(3)4/h3H,1H2,2H3;2*(H2,2,3,4)/p-4. The first kappa shape index (κ1) is 16.1. The van der Waals surface area contributed by atoms with E-state index < -0.39 is 12.3 Å². The molecule has 6 nitrogen and oxygen atoms in total. The van der Waals surface area contributed by atoms with Gasteiger partial charge in [-0.2, -0.15) is 0 Å². The normalized spacial score (nSPS) is 5.55. The number of hydrogen-bond donors (Lipinski definition) is 0. The zero-order valence-electron chi connectivity index (χ0n) is 5.73. The Balaban J connectivity index is -0.0000000886. The minimum atomic E-state index is -2.33. The van der Waals surface area contributed by atoms with E-state index in [1.807, 2.05) is 6.92 Å². The van der Waals surface area contributed by atoms with Crippen LogP contribution in [0, 0.1) is 0 Å². The van der Waals surface area contributed by atoms with Gasteiger partial charge in [0.25, 0.3) is 0 Å². The van der Waals surface area contributed by atoms with E-state index in [0.29, 0.717) is 0 Å². The molecular weight excluding hydrogens is 156 g/mol. The summed E-state index contributed by atoms with van der Waals surface area (Å²) >= 11 is 0. The average molecular weight is 162 g/mol. The van der Waals surface area contributed by atoms with Crippen LogP contribution in [-0.2, 0) is 0 Å². The molecule has 11 heavy (non-hydrogen) atoms. The molecule has 0 aromatic rings. The van der Waals surface area contributed by atoms with Gasteiger partial charge in [-0.15, -0.1) is 6.58 Å². The average Bonchev–Trinajstić information content (AvgIpc) is 1.60. The molecular formula is C5H6O6-4. The van der Waals surface area contributed by atoms with E-state index in [-0.39, 0.29) is 0 Å². The largest absolute Gasteiger partial charge is 0.652 e. The molecule has 0 aliphatic heterocycles. The zero-order chi connectivity index (χ0) is 9.86. The predicted molar refractivity (Wildman–Crippen MR) is 26.7 cm³/mol. The highest BCUT2D eigenvalue weighted by Gasteiger charge is 1.27. The third kappa shape index (κ3) is 110.